The first-order valence-corrected chi connectivity index (χ1v) is 6.31. The largest absolute Gasteiger partial charge is 0.456 e. The van der Waals surface area contributed by atoms with E-state index in [1.165, 1.54) is 5.56 Å². The van der Waals surface area contributed by atoms with Crippen molar-refractivity contribution in [1.82, 2.24) is 0 Å². The van der Waals surface area contributed by atoms with Crippen LogP contribution in [0.2, 0.25) is 0 Å². The second-order valence-corrected chi connectivity index (χ2v) is 4.55. The summed E-state index contributed by atoms with van der Waals surface area (Å²) in [5, 5.41) is 0. The van der Waals surface area contributed by atoms with E-state index in [0.717, 1.165) is 28.2 Å². The van der Waals surface area contributed by atoms with E-state index in [1.807, 2.05) is 48.5 Å². The van der Waals surface area contributed by atoms with Gasteiger partial charge in [0.05, 0.1) is 0 Å². The third kappa shape index (κ3) is 1.55. The average Bonchev–Trinajstić information content (AvgIpc) is 2.62. The fourth-order valence-corrected chi connectivity index (χ4v) is 2.54. The third-order valence-electron chi connectivity index (χ3n) is 3.41. The monoisotopic (exact) mass is 243 g/mol. The van der Waals surface area contributed by atoms with Gasteiger partial charge in [-0.05, 0) is 23.8 Å². The van der Waals surface area contributed by atoms with Gasteiger partial charge in [0.2, 0.25) is 0 Å². The molecule has 0 saturated carbocycles. The number of fused-ring (bicyclic) bond motifs is 5. The maximum absolute atomic E-state index is 6.06. The molecule has 3 aromatic rings. The number of hydrogen-bond donors (Lipinski definition) is 0. The highest BCUT2D eigenvalue weighted by molar-refractivity contribution is 5.89. The molecule has 0 fully saturated rings. The van der Waals surface area contributed by atoms with Gasteiger partial charge in [0.25, 0.3) is 0 Å². The van der Waals surface area contributed by atoms with Crippen LogP contribution in [0.1, 0.15) is 0 Å². The Morgan fingerprint density at radius 2 is 1.26 bits per heavy atom. The molecule has 0 spiro atoms. The molecule has 1 heterocycles. The molecule has 0 aromatic heterocycles. The maximum atomic E-state index is 6.06. The van der Waals surface area contributed by atoms with Gasteiger partial charge in [0.1, 0.15) is 11.5 Å². The Hall–Kier alpha value is -2.54. The van der Waals surface area contributed by atoms with E-state index in [0.29, 0.717) is 0 Å². The van der Waals surface area contributed by atoms with Crippen LogP contribution in [0.3, 0.4) is 0 Å². The Morgan fingerprint density at radius 1 is 0.632 bits per heavy atom. The number of benzene rings is 3. The zero-order valence-corrected chi connectivity index (χ0v) is 10.3. The third-order valence-corrected chi connectivity index (χ3v) is 3.41. The minimum Gasteiger partial charge on any atom is -0.456 e. The van der Waals surface area contributed by atoms with Gasteiger partial charge in [0, 0.05) is 16.7 Å². The van der Waals surface area contributed by atoms with Crippen LogP contribution in [0.4, 0.5) is 0 Å². The molecule has 19 heavy (non-hydrogen) atoms. The van der Waals surface area contributed by atoms with Crippen molar-refractivity contribution in [3.8, 4) is 33.8 Å². The number of rotatable bonds is 0. The molecule has 1 radical (unpaired) electrons. The van der Waals surface area contributed by atoms with Crippen molar-refractivity contribution in [3.63, 3.8) is 0 Å². The van der Waals surface area contributed by atoms with E-state index >= 15 is 0 Å². The van der Waals surface area contributed by atoms with E-state index in [4.69, 9.17) is 4.74 Å². The van der Waals surface area contributed by atoms with Gasteiger partial charge >= 0.3 is 0 Å². The predicted octanol–water partition coefficient (Wildman–Crippen LogP) is 4.93. The van der Waals surface area contributed by atoms with Crippen molar-refractivity contribution in [2.75, 3.05) is 0 Å². The molecular formula is C18H11O. The summed E-state index contributed by atoms with van der Waals surface area (Å²) in [4.78, 5) is 0. The molecule has 0 bridgehead atoms. The van der Waals surface area contributed by atoms with Crippen LogP contribution in [-0.4, -0.2) is 0 Å². The molecule has 89 valence electrons. The van der Waals surface area contributed by atoms with E-state index in [2.05, 4.69) is 24.3 Å². The normalized spacial score (nSPS) is 11.6. The molecule has 1 aliphatic heterocycles. The van der Waals surface area contributed by atoms with Crippen molar-refractivity contribution in [1.29, 1.82) is 0 Å². The van der Waals surface area contributed by atoms with Gasteiger partial charge in [0.15, 0.2) is 0 Å². The maximum Gasteiger partial charge on any atom is 0.135 e. The van der Waals surface area contributed by atoms with Crippen LogP contribution in [0.25, 0.3) is 22.3 Å². The average molecular weight is 243 g/mol. The van der Waals surface area contributed by atoms with Gasteiger partial charge < -0.3 is 4.74 Å². The topological polar surface area (TPSA) is 9.23 Å². The highest BCUT2D eigenvalue weighted by atomic mass is 16.5. The van der Waals surface area contributed by atoms with Crippen molar-refractivity contribution in [3.05, 3.63) is 72.8 Å². The lowest BCUT2D eigenvalue weighted by molar-refractivity contribution is 0.488. The van der Waals surface area contributed by atoms with Crippen LogP contribution in [-0.2, 0) is 0 Å². The fourth-order valence-electron chi connectivity index (χ4n) is 2.54. The lowest BCUT2D eigenvalue weighted by Crippen LogP contribution is -1.84. The molecule has 0 atom stereocenters. The van der Waals surface area contributed by atoms with Gasteiger partial charge in [-0.2, -0.15) is 0 Å². The first kappa shape index (κ1) is 10.4. The minimum atomic E-state index is 0.885. The zero-order chi connectivity index (χ0) is 12.7. The number of ether oxygens (including phenoxy) is 1. The highest BCUT2D eigenvalue weighted by Gasteiger charge is 2.19. The van der Waals surface area contributed by atoms with E-state index < -0.39 is 0 Å². The summed E-state index contributed by atoms with van der Waals surface area (Å²) in [6.07, 6.45) is 0. The van der Waals surface area contributed by atoms with Crippen LogP contribution >= 0.6 is 0 Å². The van der Waals surface area contributed by atoms with Crippen LogP contribution in [0.5, 0.6) is 11.5 Å². The van der Waals surface area contributed by atoms with Gasteiger partial charge in [-0.15, -0.1) is 0 Å². The summed E-state index contributed by atoms with van der Waals surface area (Å²) in [6, 6.07) is 25.7. The summed E-state index contributed by atoms with van der Waals surface area (Å²) in [5.74, 6) is 1.78. The molecule has 0 saturated heterocycles. The minimum absolute atomic E-state index is 0.885. The van der Waals surface area contributed by atoms with Crippen LogP contribution in [0.15, 0.2) is 66.7 Å². The van der Waals surface area contributed by atoms with Gasteiger partial charge in [-0.25, -0.2) is 0 Å². The van der Waals surface area contributed by atoms with Crippen LogP contribution in [0, 0.1) is 6.07 Å². The molecule has 1 nitrogen and oxygen atoms in total. The highest BCUT2D eigenvalue weighted by Crippen LogP contribution is 2.45. The van der Waals surface area contributed by atoms with E-state index in [9.17, 15) is 0 Å². The predicted molar refractivity (Wildman–Crippen MR) is 76.2 cm³/mol. The van der Waals surface area contributed by atoms with E-state index in [1.54, 1.807) is 0 Å². The lowest BCUT2D eigenvalue weighted by Gasteiger charge is -2.07. The molecule has 0 unspecified atom stereocenters. The summed E-state index contributed by atoms with van der Waals surface area (Å²) in [6.45, 7) is 0. The molecule has 0 N–H and O–H groups in total. The summed E-state index contributed by atoms with van der Waals surface area (Å²) in [5.41, 5.74) is 4.48. The smallest absolute Gasteiger partial charge is 0.135 e. The van der Waals surface area contributed by atoms with Crippen LogP contribution < -0.4 is 4.74 Å². The number of hydrogen-bond acceptors (Lipinski definition) is 1. The van der Waals surface area contributed by atoms with E-state index in [-0.39, 0.29) is 0 Å². The standard InChI is InChI=1S/C18H11O/c1-2-8-14-13(7-1)15-9-3-5-11-17(15)19-18-12-6-4-10-16(14)18/h1-7,9-12H. The summed E-state index contributed by atoms with van der Waals surface area (Å²) >= 11 is 0. The Labute approximate surface area is 112 Å². The zero-order valence-electron chi connectivity index (χ0n) is 10.3. The molecule has 0 amide bonds. The van der Waals surface area contributed by atoms with Crippen molar-refractivity contribution in [2.45, 2.75) is 0 Å². The van der Waals surface area contributed by atoms with Crippen molar-refractivity contribution in [2.24, 2.45) is 0 Å². The fraction of sp³-hybridized carbons (Fsp3) is 0. The molecule has 4 rings (SSSR count). The molecular weight excluding hydrogens is 232 g/mol. The first-order valence-electron chi connectivity index (χ1n) is 6.31. The Bertz CT molecular complexity index is 694. The van der Waals surface area contributed by atoms with Crippen molar-refractivity contribution < 1.29 is 4.74 Å². The van der Waals surface area contributed by atoms with Crippen molar-refractivity contribution >= 4 is 0 Å². The molecule has 0 aliphatic carbocycles. The Morgan fingerprint density at radius 3 is 2.11 bits per heavy atom. The molecule has 3 aromatic carbocycles. The second-order valence-electron chi connectivity index (χ2n) is 4.55. The Balaban J connectivity index is 2.13. The van der Waals surface area contributed by atoms with Gasteiger partial charge in [-0.1, -0.05) is 54.6 Å². The lowest BCUT2D eigenvalue weighted by atomic mass is 9.95. The molecule has 1 aliphatic rings. The summed E-state index contributed by atoms with van der Waals surface area (Å²) < 4.78 is 6.06. The van der Waals surface area contributed by atoms with Gasteiger partial charge in [-0.3, -0.25) is 0 Å². The quantitative estimate of drug-likeness (QED) is 0.425. The second kappa shape index (κ2) is 3.99. The molecule has 1 heteroatoms. The summed E-state index contributed by atoms with van der Waals surface area (Å²) in [7, 11) is 0. The first-order chi connectivity index (χ1) is 9.43. The number of para-hydroxylation sites is 2. The SMILES string of the molecule is [c]1cccc2c1-c1ccccc1Oc1ccccc1-2. The Kier molecular flexibility index (Phi) is 2.18.